The number of amides is 1. The Morgan fingerprint density at radius 1 is 1.24 bits per heavy atom. The lowest BCUT2D eigenvalue weighted by Gasteiger charge is -2.33. The summed E-state index contributed by atoms with van der Waals surface area (Å²) in [7, 11) is 3.38. The summed E-state index contributed by atoms with van der Waals surface area (Å²) in [5.74, 6) is -1.01. The summed E-state index contributed by atoms with van der Waals surface area (Å²) in [6, 6.07) is 7.84. The van der Waals surface area contributed by atoms with Crippen LogP contribution in [0.25, 0.3) is 22.6 Å². The van der Waals surface area contributed by atoms with E-state index in [9.17, 15) is 19.1 Å². The lowest BCUT2D eigenvalue weighted by Crippen LogP contribution is -2.42. The van der Waals surface area contributed by atoms with E-state index in [1.165, 1.54) is 17.0 Å². The zero-order valence-electron chi connectivity index (χ0n) is 21.1. The van der Waals surface area contributed by atoms with Gasteiger partial charge in [-0.15, -0.1) is 0 Å². The van der Waals surface area contributed by atoms with Crippen LogP contribution in [0, 0.1) is 11.2 Å². The van der Waals surface area contributed by atoms with Crippen molar-refractivity contribution in [1.82, 2.24) is 24.8 Å². The number of H-pyrrole nitrogens is 1. The second-order valence-corrected chi connectivity index (χ2v) is 8.81. The number of rotatable bonds is 8. The number of hydrogen-bond acceptors (Lipinski definition) is 8. The molecule has 2 N–H and O–H groups in total. The van der Waals surface area contributed by atoms with Crippen molar-refractivity contribution < 1.29 is 33.3 Å². The predicted molar refractivity (Wildman–Crippen MR) is 131 cm³/mol. The number of aromatic nitrogens is 4. The maximum absolute atomic E-state index is 13.5. The molecule has 0 radical (unpaired) electrons. The third kappa shape index (κ3) is 7.08. The predicted octanol–water partition coefficient (Wildman–Crippen LogP) is 3.30. The number of aliphatic carboxylic acids is 1. The number of hydrogen-bond donors (Lipinski definition) is 2. The molecule has 0 atom stereocenters. The molecule has 11 nitrogen and oxygen atoms in total. The molecular formula is C25H30FN5O6. The summed E-state index contributed by atoms with van der Waals surface area (Å²) in [5.41, 5.74) is 1.11. The molecule has 12 heteroatoms. The molecule has 37 heavy (non-hydrogen) atoms. The van der Waals surface area contributed by atoms with Crippen molar-refractivity contribution in [1.29, 1.82) is 0 Å². The third-order valence-corrected chi connectivity index (χ3v) is 5.22. The first-order chi connectivity index (χ1) is 17.7. The first-order valence-electron chi connectivity index (χ1n) is 11.6. The van der Waals surface area contributed by atoms with Crippen LogP contribution < -0.4 is 4.74 Å². The maximum atomic E-state index is 13.5. The highest BCUT2D eigenvalue weighted by Gasteiger charge is 2.41. The van der Waals surface area contributed by atoms with Crippen molar-refractivity contribution in [2.75, 3.05) is 33.9 Å². The molecule has 1 amide bonds. The van der Waals surface area contributed by atoms with E-state index in [-0.39, 0.29) is 25.0 Å². The molecule has 1 aliphatic rings. The minimum absolute atomic E-state index is 0.0303. The highest BCUT2D eigenvalue weighted by Crippen LogP contribution is 2.35. The number of halogens is 1. The number of ether oxygens (including phenoxy) is 3. The quantitative estimate of drug-likeness (QED) is 0.432. The number of benzene rings is 1. The van der Waals surface area contributed by atoms with Gasteiger partial charge in [-0.25, -0.2) is 14.4 Å². The monoisotopic (exact) mass is 515 g/mol. The molecule has 1 saturated heterocycles. The molecule has 0 unspecified atom stereocenters. The van der Waals surface area contributed by atoms with Crippen LogP contribution in [-0.2, 0) is 19.1 Å². The average molecular weight is 516 g/mol. The Kier molecular flexibility index (Phi) is 9.25. The number of nitrogens with zero attached hydrogens (tertiary/aromatic N) is 4. The van der Waals surface area contributed by atoms with E-state index in [1.54, 1.807) is 45.4 Å². The van der Waals surface area contributed by atoms with Crippen LogP contribution >= 0.6 is 0 Å². The number of carbonyl (C=O) groups is 2. The standard InChI is InChI=1S/C22H23FN4O5.C3H7NO/c1-3-10-30-21-24-9-8-15(25-21)17-16(13-4-6-14(23)7-5-13)26-18(27-17)19-31-11-22(2,12-32-19)20(28)29;1-4(2)3-5/h4-9,19H,3,10-12H2,1-2H3,(H,26,27)(H,28,29);3H,1-2H3. The molecule has 0 spiro atoms. The van der Waals surface area contributed by atoms with Gasteiger partial charge in [0.1, 0.15) is 11.2 Å². The Morgan fingerprint density at radius 2 is 1.89 bits per heavy atom. The van der Waals surface area contributed by atoms with Gasteiger partial charge >= 0.3 is 12.0 Å². The fraction of sp³-hybridized carbons (Fsp3) is 0.400. The van der Waals surface area contributed by atoms with E-state index in [0.717, 1.165) is 12.8 Å². The minimum Gasteiger partial charge on any atom is -0.481 e. The molecule has 4 rings (SSSR count). The average Bonchev–Trinajstić information content (AvgIpc) is 3.34. The summed E-state index contributed by atoms with van der Waals surface area (Å²) in [5, 5.41) is 9.37. The number of carboxylic acids is 1. The van der Waals surface area contributed by atoms with Crippen molar-refractivity contribution in [2.24, 2.45) is 5.41 Å². The van der Waals surface area contributed by atoms with Crippen LogP contribution in [0.2, 0.25) is 0 Å². The minimum atomic E-state index is -1.14. The van der Waals surface area contributed by atoms with Crippen LogP contribution in [0.4, 0.5) is 4.39 Å². The van der Waals surface area contributed by atoms with Gasteiger partial charge in [-0.05, 0) is 43.7 Å². The van der Waals surface area contributed by atoms with Gasteiger partial charge in [-0.1, -0.05) is 6.92 Å². The molecule has 198 valence electrons. The summed E-state index contributed by atoms with van der Waals surface area (Å²) in [6.07, 6.45) is 2.26. The highest BCUT2D eigenvalue weighted by atomic mass is 19.1. The zero-order valence-corrected chi connectivity index (χ0v) is 21.1. The Bertz CT molecular complexity index is 1190. The molecule has 1 aliphatic heterocycles. The van der Waals surface area contributed by atoms with E-state index in [0.29, 0.717) is 35.1 Å². The fourth-order valence-corrected chi connectivity index (χ4v) is 3.14. The van der Waals surface area contributed by atoms with E-state index >= 15 is 0 Å². The summed E-state index contributed by atoms with van der Waals surface area (Å²) in [4.78, 5) is 38.7. The van der Waals surface area contributed by atoms with E-state index < -0.39 is 17.7 Å². The van der Waals surface area contributed by atoms with Crippen molar-refractivity contribution in [2.45, 2.75) is 26.6 Å². The number of imidazole rings is 1. The SMILES string of the molecule is CCCOc1nccc(-c2[nH]c(C3OCC(C)(C(=O)O)CO3)nc2-c2ccc(F)cc2)n1.CN(C)C=O. The van der Waals surface area contributed by atoms with Crippen molar-refractivity contribution >= 4 is 12.4 Å². The van der Waals surface area contributed by atoms with Gasteiger partial charge in [0.15, 0.2) is 5.82 Å². The second kappa shape index (κ2) is 12.4. The van der Waals surface area contributed by atoms with Crippen LogP contribution in [0.5, 0.6) is 6.01 Å². The Balaban J connectivity index is 0.000000695. The molecular weight excluding hydrogens is 485 g/mol. The molecule has 2 aromatic heterocycles. The number of nitrogens with one attached hydrogen (secondary N) is 1. The molecule has 0 aliphatic carbocycles. The summed E-state index contributed by atoms with van der Waals surface area (Å²) < 4.78 is 30.3. The van der Waals surface area contributed by atoms with E-state index in [1.807, 2.05) is 6.92 Å². The zero-order chi connectivity index (χ0) is 27.0. The van der Waals surface area contributed by atoms with E-state index in [2.05, 4.69) is 19.9 Å². The van der Waals surface area contributed by atoms with Crippen LogP contribution in [0.1, 0.15) is 32.4 Å². The van der Waals surface area contributed by atoms with Crippen molar-refractivity contribution in [3.05, 3.63) is 48.2 Å². The van der Waals surface area contributed by atoms with Gasteiger partial charge in [0.25, 0.3) is 0 Å². The second-order valence-electron chi connectivity index (χ2n) is 8.81. The molecule has 3 heterocycles. The van der Waals surface area contributed by atoms with Crippen molar-refractivity contribution in [3.63, 3.8) is 0 Å². The first-order valence-corrected chi connectivity index (χ1v) is 11.6. The van der Waals surface area contributed by atoms with Gasteiger partial charge in [-0.3, -0.25) is 9.59 Å². The fourth-order valence-electron chi connectivity index (χ4n) is 3.14. The maximum Gasteiger partial charge on any atom is 0.316 e. The number of carbonyl (C=O) groups excluding carboxylic acids is 1. The Labute approximate surface area is 213 Å². The largest absolute Gasteiger partial charge is 0.481 e. The topological polar surface area (TPSA) is 140 Å². The number of carboxylic acid groups (broad SMARTS) is 1. The molecule has 1 fully saturated rings. The van der Waals surface area contributed by atoms with Crippen LogP contribution in [-0.4, -0.2) is 76.2 Å². The Morgan fingerprint density at radius 3 is 2.46 bits per heavy atom. The van der Waals surface area contributed by atoms with Gasteiger partial charge in [0, 0.05) is 25.9 Å². The Hall–Kier alpha value is -3.90. The van der Waals surface area contributed by atoms with Crippen LogP contribution in [0.15, 0.2) is 36.5 Å². The highest BCUT2D eigenvalue weighted by molar-refractivity contribution is 5.77. The molecule has 1 aromatic carbocycles. The van der Waals surface area contributed by atoms with Crippen LogP contribution in [0.3, 0.4) is 0 Å². The summed E-state index contributed by atoms with van der Waals surface area (Å²) in [6.45, 7) is 3.96. The van der Waals surface area contributed by atoms with Gasteiger partial charge < -0.3 is 29.2 Å². The van der Waals surface area contributed by atoms with Gasteiger partial charge in [0.2, 0.25) is 12.7 Å². The molecule has 0 bridgehead atoms. The molecule has 3 aromatic rings. The first kappa shape index (κ1) is 27.7. The lowest BCUT2D eigenvalue weighted by molar-refractivity contribution is -0.236. The van der Waals surface area contributed by atoms with E-state index in [4.69, 9.17) is 14.2 Å². The third-order valence-electron chi connectivity index (χ3n) is 5.22. The number of aromatic amines is 1. The van der Waals surface area contributed by atoms with Gasteiger partial charge in [-0.2, -0.15) is 4.98 Å². The molecule has 0 saturated carbocycles. The summed E-state index contributed by atoms with van der Waals surface area (Å²) >= 11 is 0. The lowest BCUT2D eigenvalue weighted by atomic mass is 9.92. The normalized spacial score (nSPS) is 18.9. The smallest absolute Gasteiger partial charge is 0.316 e. The van der Waals surface area contributed by atoms with Gasteiger partial charge in [0.05, 0.1) is 36.9 Å². The van der Waals surface area contributed by atoms with Crippen molar-refractivity contribution in [3.8, 4) is 28.7 Å².